The van der Waals surface area contributed by atoms with E-state index >= 15 is 0 Å². The molecule has 0 bridgehead atoms. The van der Waals surface area contributed by atoms with Crippen molar-refractivity contribution in [2.24, 2.45) is 10.8 Å². The highest BCUT2D eigenvalue weighted by atomic mass is 16.7. The standard InChI is InChI=1S/C21H34O3/c1-18(2,3)20(13-9-7-10-14-20)23-17(22)24-21(19(4,5)6)15-11-8-12-16-21/h9,11,13,15H,7-8,10,12,14,16H2,1-6H3. The average Bonchev–Trinajstić information content (AvgIpc) is 2.46. The van der Waals surface area contributed by atoms with E-state index in [9.17, 15) is 4.79 Å². The normalized spacial score (nSPS) is 30.9. The molecule has 0 fully saturated rings. The number of hydrogen-bond donors (Lipinski definition) is 0. The molecule has 0 N–H and O–H groups in total. The number of hydrogen-bond acceptors (Lipinski definition) is 3. The molecule has 0 aromatic carbocycles. The van der Waals surface area contributed by atoms with Crippen molar-refractivity contribution in [3.8, 4) is 0 Å². The predicted octanol–water partition coefficient (Wildman–Crippen LogP) is 6.19. The van der Waals surface area contributed by atoms with Crippen molar-refractivity contribution in [2.45, 2.75) is 91.3 Å². The summed E-state index contributed by atoms with van der Waals surface area (Å²) >= 11 is 0. The molecule has 2 aliphatic rings. The van der Waals surface area contributed by atoms with Crippen molar-refractivity contribution >= 4 is 6.16 Å². The molecule has 3 nitrogen and oxygen atoms in total. The molecule has 0 saturated carbocycles. The summed E-state index contributed by atoms with van der Waals surface area (Å²) in [6.07, 6.45) is 13.7. The minimum atomic E-state index is -0.584. The molecular formula is C21H34O3. The molecule has 0 heterocycles. The van der Waals surface area contributed by atoms with Crippen LogP contribution in [0.15, 0.2) is 24.3 Å². The van der Waals surface area contributed by atoms with E-state index in [1.54, 1.807) is 0 Å². The van der Waals surface area contributed by atoms with Gasteiger partial charge in [0.2, 0.25) is 0 Å². The molecule has 2 aliphatic carbocycles. The monoisotopic (exact) mass is 334 g/mol. The first-order valence-electron chi connectivity index (χ1n) is 9.29. The Balaban J connectivity index is 2.21. The third kappa shape index (κ3) is 3.70. The van der Waals surface area contributed by atoms with Crippen LogP contribution in [0.25, 0.3) is 0 Å². The highest BCUT2D eigenvalue weighted by molar-refractivity contribution is 5.62. The predicted molar refractivity (Wildman–Crippen MR) is 97.9 cm³/mol. The molecule has 0 aromatic rings. The van der Waals surface area contributed by atoms with Crippen LogP contribution in [0.3, 0.4) is 0 Å². The van der Waals surface area contributed by atoms with Crippen molar-refractivity contribution in [1.82, 2.24) is 0 Å². The molecule has 24 heavy (non-hydrogen) atoms. The molecular weight excluding hydrogens is 300 g/mol. The van der Waals surface area contributed by atoms with Gasteiger partial charge in [-0.3, -0.25) is 0 Å². The van der Waals surface area contributed by atoms with Crippen LogP contribution in [0.5, 0.6) is 0 Å². The maximum absolute atomic E-state index is 12.8. The summed E-state index contributed by atoms with van der Waals surface area (Å²) in [5, 5.41) is 0. The fourth-order valence-corrected chi connectivity index (χ4v) is 3.72. The minimum Gasteiger partial charge on any atom is -0.423 e. The molecule has 2 atom stereocenters. The van der Waals surface area contributed by atoms with Crippen LogP contribution in [0, 0.1) is 10.8 Å². The van der Waals surface area contributed by atoms with Crippen molar-refractivity contribution in [3.63, 3.8) is 0 Å². The van der Waals surface area contributed by atoms with Gasteiger partial charge in [0.25, 0.3) is 0 Å². The van der Waals surface area contributed by atoms with Gasteiger partial charge in [0.15, 0.2) is 0 Å². The summed E-state index contributed by atoms with van der Waals surface area (Å²) in [6.45, 7) is 12.7. The minimum absolute atomic E-state index is 0.166. The van der Waals surface area contributed by atoms with Gasteiger partial charge in [0.05, 0.1) is 0 Å². The van der Waals surface area contributed by atoms with Crippen molar-refractivity contribution in [2.75, 3.05) is 0 Å². The second kappa shape index (κ2) is 6.57. The van der Waals surface area contributed by atoms with Crippen LogP contribution in [0.4, 0.5) is 4.79 Å². The molecule has 0 saturated heterocycles. The molecule has 0 spiro atoms. The van der Waals surface area contributed by atoms with Crippen LogP contribution in [0.1, 0.15) is 80.1 Å². The van der Waals surface area contributed by atoms with Gasteiger partial charge in [-0.1, -0.05) is 53.7 Å². The molecule has 2 rings (SSSR count). The smallest absolute Gasteiger partial charge is 0.423 e. The van der Waals surface area contributed by atoms with E-state index in [4.69, 9.17) is 9.47 Å². The summed E-state index contributed by atoms with van der Waals surface area (Å²) in [4.78, 5) is 12.8. The van der Waals surface area contributed by atoms with Crippen LogP contribution in [0.2, 0.25) is 0 Å². The summed E-state index contributed by atoms with van der Waals surface area (Å²) < 4.78 is 12.0. The second-order valence-electron chi connectivity index (χ2n) is 9.32. The lowest BCUT2D eigenvalue weighted by atomic mass is 9.71. The van der Waals surface area contributed by atoms with E-state index in [1.807, 2.05) is 0 Å². The summed E-state index contributed by atoms with van der Waals surface area (Å²) in [7, 11) is 0. The Bertz CT molecular complexity index is 472. The lowest BCUT2D eigenvalue weighted by Gasteiger charge is -2.46. The van der Waals surface area contributed by atoms with Crippen molar-refractivity contribution in [3.05, 3.63) is 24.3 Å². The van der Waals surface area contributed by atoms with Crippen molar-refractivity contribution < 1.29 is 14.3 Å². The number of ether oxygens (including phenoxy) is 2. The van der Waals surface area contributed by atoms with Gasteiger partial charge in [-0.05, 0) is 50.7 Å². The molecule has 0 amide bonds. The van der Waals surface area contributed by atoms with Crippen molar-refractivity contribution in [1.29, 1.82) is 0 Å². The van der Waals surface area contributed by atoms with E-state index < -0.39 is 17.4 Å². The maximum Gasteiger partial charge on any atom is 0.510 e. The first-order chi connectivity index (χ1) is 11.0. The zero-order valence-electron chi connectivity index (χ0n) is 16.3. The number of carbonyl (C=O) groups is 1. The quantitative estimate of drug-likeness (QED) is 0.446. The highest BCUT2D eigenvalue weighted by Gasteiger charge is 2.48. The molecule has 136 valence electrons. The first kappa shape index (κ1) is 19.1. The molecule has 0 aromatic heterocycles. The van der Waals surface area contributed by atoms with E-state index in [0.717, 1.165) is 38.5 Å². The second-order valence-corrected chi connectivity index (χ2v) is 9.32. The lowest BCUT2D eigenvalue weighted by molar-refractivity contribution is -0.119. The summed E-state index contributed by atoms with van der Waals surface area (Å²) in [5.41, 5.74) is -1.50. The molecule has 3 heteroatoms. The Hall–Kier alpha value is -1.25. The third-order valence-corrected chi connectivity index (χ3v) is 5.68. The van der Waals surface area contributed by atoms with Gasteiger partial charge in [0.1, 0.15) is 11.2 Å². The summed E-state index contributed by atoms with van der Waals surface area (Å²) in [5.74, 6) is 0. The molecule has 0 radical (unpaired) electrons. The Morgan fingerprint density at radius 1 is 0.792 bits per heavy atom. The average molecular weight is 335 g/mol. The molecule has 2 unspecified atom stereocenters. The number of allylic oxidation sites excluding steroid dienone is 2. The summed E-state index contributed by atoms with van der Waals surface area (Å²) in [6, 6.07) is 0. The van der Waals surface area contributed by atoms with Gasteiger partial charge in [-0.2, -0.15) is 0 Å². The Morgan fingerprint density at radius 3 is 1.42 bits per heavy atom. The van der Waals surface area contributed by atoms with Crippen LogP contribution >= 0.6 is 0 Å². The zero-order valence-corrected chi connectivity index (χ0v) is 16.3. The van der Waals surface area contributed by atoms with E-state index in [-0.39, 0.29) is 10.8 Å². The topological polar surface area (TPSA) is 35.5 Å². The van der Waals surface area contributed by atoms with E-state index in [2.05, 4.69) is 65.8 Å². The molecule has 0 aliphatic heterocycles. The fourth-order valence-electron chi connectivity index (χ4n) is 3.72. The van der Waals surface area contributed by atoms with Gasteiger partial charge in [-0.25, -0.2) is 4.79 Å². The van der Waals surface area contributed by atoms with E-state index in [0.29, 0.717) is 0 Å². The number of rotatable bonds is 2. The SMILES string of the molecule is CC(C)(C)C1(OC(=O)OC2(C(C)(C)C)C=CCCC2)C=CCCC1. The maximum atomic E-state index is 12.8. The van der Waals surface area contributed by atoms with Crippen LogP contribution in [-0.2, 0) is 9.47 Å². The first-order valence-corrected chi connectivity index (χ1v) is 9.29. The van der Waals surface area contributed by atoms with Crippen LogP contribution in [-0.4, -0.2) is 17.4 Å². The largest absolute Gasteiger partial charge is 0.510 e. The fraction of sp³-hybridized carbons (Fsp3) is 0.762. The Kier molecular flexibility index (Phi) is 5.22. The third-order valence-electron chi connectivity index (χ3n) is 5.68. The Morgan fingerprint density at radius 2 is 1.17 bits per heavy atom. The lowest BCUT2D eigenvalue weighted by Crippen LogP contribution is -2.50. The zero-order chi connectivity index (χ0) is 18.1. The number of carbonyl (C=O) groups excluding carboxylic acids is 1. The van der Waals surface area contributed by atoms with E-state index in [1.165, 1.54) is 0 Å². The van der Waals surface area contributed by atoms with Gasteiger partial charge in [-0.15, -0.1) is 0 Å². The van der Waals surface area contributed by atoms with Gasteiger partial charge in [0, 0.05) is 10.8 Å². The Labute approximate surface area is 147 Å². The van der Waals surface area contributed by atoms with Crippen LogP contribution < -0.4 is 0 Å². The highest BCUT2D eigenvalue weighted by Crippen LogP contribution is 2.45. The van der Waals surface area contributed by atoms with Gasteiger partial charge >= 0.3 is 6.16 Å². The van der Waals surface area contributed by atoms with Gasteiger partial charge < -0.3 is 9.47 Å².